The number of rotatable bonds is 7. The number of aryl methyl sites for hydroxylation is 1. The Labute approximate surface area is 182 Å². The first-order valence-corrected chi connectivity index (χ1v) is 11.2. The fraction of sp³-hybridized carbons (Fsp3) is 0.350. The van der Waals surface area contributed by atoms with Gasteiger partial charge in [-0.15, -0.1) is 11.3 Å². The monoisotopic (exact) mass is 446 g/mol. The number of allylic oxidation sites excluding steroid dienone is 1. The van der Waals surface area contributed by atoms with E-state index >= 15 is 0 Å². The van der Waals surface area contributed by atoms with Crippen LogP contribution in [0.2, 0.25) is 0 Å². The highest BCUT2D eigenvalue weighted by molar-refractivity contribution is 8.04. The van der Waals surface area contributed by atoms with Gasteiger partial charge in [-0.05, 0) is 18.9 Å². The zero-order chi connectivity index (χ0) is 21.3. The second-order valence-corrected chi connectivity index (χ2v) is 8.72. The SMILES string of the molecule is COCCOC1SC(C(N)=O)=C(C)N1c1nc(-c2cccc3c2NC(=O)CC3)cs1. The summed E-state index contributed by atoms with van der Waals surface area (Å²) in [5, 5.41) is 5.61. The van der Waals surface area contributed by atoms with Crippen molar-refractivity contribution in [2.45, 2.75) is 25.3 Å². The van der Waals surface area contributed by atoms with E-state index in [4.69, 9.17) is 20.2 Å². The summed E-state index contributed by atoms with van der Waals surface area (Å²) < 4.78 is 11.0. The lowest BCUT2D eigenvalue weighted by Gasteiger charge is -2.24. The van der Waals surface area contributed by atoms with E-state index in [0.29, 0.717) is 41.8 Å². The molecule has 30 heavy (non-hydrogen) atoms. The molecule has 2 aliphatic rings. The predicted molar refractivity (Wildman–Crippen MR) is 118 cm³/mol. The van der Waals surface area contributed by atoms with Crippen molar-refractivity contribution in [2.24, 2.45) is 5.73 Å². The van der Waals surface area contributed by atoms with Gasteiger partial charge in [-0.25, -0.2) is 4.98 Å². The third-order valence-electron chi connectivity index (χ3n) is 4.90. The molecule has 3 N–H and O–H groups in total. The molecule has 0 aliphatic carbocycles. The zero-order valence-corrected chi connectivity index (χ0v) is 18.3. The number of hydrogen-bond donors (Lipinski definition) is 2. The molecule has 158 valence electrons. The van der Waals surface area contributed by atoms with Crippen LogP contribution >= 0.6 is 23.1 Å². The van der Waals surface area contributed by atoms with E-state index in [1.54, 1.807) is 7.11 Å². The van der Waals surface area contributed by atoms with Crippen LogP contribution in [0.25, 0.3) is 11.3 Å². The summed E-state index contributed by atoms with van der Waals surface area (Å²) in [6, 6.07) is 5.95. The fourth-order valence-electron chi connectivity index (χ4n) is 3.44. The summed E-state index contributed by atoms with van der Waals surface area (Å²) in [6.07, 6.45) is 1.21. The zero-order valence-electron chi connectivity index (χ0n) is 16.6. The molecule has 10 heteroatoms. The van der Waals surface area contributed by atoms with Gasteiger partial charge in [-0.3, -0.25) is 14.5 Å². The number of primary amides is 1. The molecule has 1 atom stereocenters. The minimum atomic E-state index is -0.489. The van der Waals surface area contributed by atoms with Crippen molar-refractivity contribution in [1.82, 2.24) is 4.98 Å². The van der Waals surface area contributed by atoms with Gasteiger partial charge < -0.3 is 20.5 Å². The normalized spacial score (nSPS) is 18.5. The maximum Gasteiger partial charge on any atom is 0.257 e. The molecule has 2 amide bonds. The van der Waals surface area contributed by atoms with E-state index in [9.17, 15) is 9.59 Å². The number of ether oxygens (including phenoxy) is 2. The quantitative estimate of drug-likeness (QED) is 0.630. The second kappa shape index (κ2) is 8.76. The van der Waals surface area contributed by atoms with Crippen LogP contribution in [-0.4, -0.2) is 42.7 Å². The van der Waals surface area contributed by atoms with Crippen molar-refractivity contribution in [2.75, 3.05) is 30.5 Å². The Morgan fingerprint density at radius 2 is 2.20 bits per heavy atom. The Balaban J connectivity index is 1.67. The molecule has 0 spiro atoms. The Kier molecular flexibility index (Phi) is 6.09. The third-order valence-corrected chi connectivity index (χ3v) is 7.02. The first-order valence-electron chi connectivity index (χ1n) is 9.44. The molecule has 1 aromatic carbocycles. The molecule has 2 aliphatic heterocycles. The van der Waals surface area contributed by atoms with Gasteiger partial charge in [0.1, 0.15) is 0 Å². The van der Waals surface area contributed by atoms with E-state index in [2.05, 4.69) is 5.32 Å². The highest BCUT2D eigenvalue weighted by atomic mass is 32.2. The minimum absolute atomic E-state index is 0.0119. The number of fused-ring (bicyclic) bond motifs is 1. The topological polar surface area (TPSA) is 107 Å². The van der Waals surface area contributed by atoms with Crippen molar-refractivity contribution in [3.05, 3.63) is 39.7 Å². The molecule has 0 saturated heterocycles. The van der Waals surface area contributed by atoms with Crippen LogP contribution in [0.4, 0.5) is 10.8 Å². The van der Waals surface area contributed by atoms with Crippen LogP contribution in [-0.2, 0) is 25.5 Å². The Bertz CT molecular complexity index is 1020. The summed E-state index contributed by atoms with van der Waals surface area (Å²) >= 11 is 2.72. The van der Waals surface area contributed by atoms with Gasteiger partial charge in [0.2, 0.25) is 5.91 Å². The molecule has 0 bridgehead atoms. The largest absolute Gasteiger partial charge is 0.382 e. The number of nitrogens with one attached hydrogen (secondary N) is 1. The molecule has 3 heterocycles. The van der Waals surface area contributed by atoms with Crippen molar-refractivity contribution in [1.29, 1.82) is 0 Å². The van der Waals surface area contributed by atoms with Crippen LogP contribution in [0.3, 0.4) is 0 Å². The smallest absolute Gasteiger partial charge is 0.257 e. The number of methoxy groups -OCH3 is 1. The Hall–Kier alpha value is -2.40. The van der Waals surface area contributed by atoms with Gasteiger partial charge in [0, 0.05) is 30.2 Å². The number of aromatic nitrogens is 1. The number of thiazole rings is 1. The molecule has 1 unspecified atom stereocenters. The van der Waals surface area contributed by atoms with Crippen LogP contribution < -0.4 is 16.0 Å². The number of carbonyl (C=O) groups is 2. The average molecular weight is 447 g/mol. The summed E-state index contributed by atoms with van der Waals surface area (Å²) in [5.41, 5.74) is 9.36. The van der Waals surface area contributed by atoms with E-state index < -0.39 is 11.5 Å². The van der Waals surface area contributed by atoms with Crippen molar-refractivity contribution >= 4 is 45.7 Å². The van der Waals surface area contributed by atoms with Crippen LogP contribution in [0.1, 0.15) is 18.9 Å². The molecule has 0 radical (unpaired) electrons. The molecule has 4 rings (SSSR count). The average Bonchev–Trinajstić information content (AvgIpc) is 3.32. The van der Waals surface area contributed by atoms with Crippen LogP contribution in [0.15, 0.2) is 34.2 Å². The highest BCUT2D eigenvalue weighted by Gasteiger charge is 2.36. The molecular formula is C20H22N4O4S2. The van der Waals surface area contributed by atoms with E-state index in [0.717, 1.165) is 22.5 Å². The second-order valence-electron chi connectivity index (χ2n) is 6.84. The number of hydrogen-bond acceptors (Lipinski definition) is 8. The van der Waals surface area contributed by atoms with Gasteiger partial charge >= 0.3 is 0 Å². The van der Waals surface area contributed by atoms with Crippen molar-refractivity contribution < 1.29 is 19.1 Å². The maximum atomic E-state index is 11.9. The lowest BCUT2D eigenvalue weighted by Crippen LogP contribution is -2.30. The highest BCUT2D eigenvalue weighted by Crippen LogP contribution is 2.44. The van der Waals surface area contributed by atoms with Crippen LogP contribution in [0.5, 0.6) is 0 Å². The third kappa shape index (κ3) is 3.95. The lowest BCUT2D eigenvalue weighted by molar-refractivity contribution is -0.116. The minimum Gasteiger partial charge on any atom is -0.382 e. The van der Waals surface area contributed by atoms with Gasteiger partial charge in [0.15, 0.2) is 10.7 Å². The van der Waals surface area contributed by atoms with Crippen LogP contribution in [0, 0.1) is 0 Å². The number of amides is 2. The first kappa shape index (κ1) is 20.9. The molecule has 2 aromatic rings. The molecule has 0 fully saturated rings. The number of nitrogens with zero attached hydrogens (tertiary/aromatic N) is 2. The summed E-state index contributed by atoms with van der Waals surface area (Å²) in [7, 11) is 1.60. The first-order chi connectivity index (χ1) is 14.5. The molecule has 0 saturated carbocycles. The number of nitrogens with two attached hydrogens (primary N) is 1. The maximum absolute atomic E-state index is 11.9. The van der Waals surface area contributed by atoms with Gasteiger partial charge in [0.25, 0.3) is 5.91 Å². The number of para-hydroxylation sites is 1. The van der Waals surface area contributed by atoms with Gasteiger partial charge in [-0.2, -0.15) is 0 Å². The predicted octanol–water partition coefficient (Wildman–Crippen LogP) is 2.91. The molecule has 1 aromatic heterocycles. The number of thioether (sulfide) groups is 1. The van der Waals surface area contributed by atoms with Gasteiger partial charge in [-0.1, -0.05) is 30.0 Å². The number of anilines is 2. The van der Waals surface area contributed by atoms with Crippen molar-refractivity contribution in [3.8, 4) is 11.3 Å². The van der Waals surface area contributed by atoms with Crippen molar-refractivity contribution in [3.63, 3.8) is 0 Å². The standard InChI is InChI=1S/C20H22N4O4S2/c1-11-17(18(21)26)30-20(28-9-8-27-2)24(11)19-22-14(10-29-19)13-5-3-4-12-6-7-15(25)23-16(12)13/h3-5,10,20H,6-9H2,1-2H3,(H2,21,26)(H,23,25). The number of carbonyl (C=O) groups excluding carboxylic acids is 2. The van der Waals surface area contributed by atoms with E-state index in [1.807, 2.05) is 35.4 Å². The summed E-state index contributed by atoms with van der Waals surface area (Å²) in [6.45, 7) is 2.65. The van der Waals surface area contributed by atoms with E-state index in [1.165, 1.54) is 23.1 Å². The summed E-state index contributed by atoms with van der Waals surface area (Å²) in [4.78, 5) is 30.9. The summed E-state index contributed by atoms with van der Waals surface area (Å²) in [5.74, 6) is -0.477. The van der Waals surface area contributed by atoms with Gasteiger partial charge in [0.05, 0.1) is 29.5 Å². The number of benzene rings is 1. The lowest BCUT2D eigenvalue weighted by atomic mass is 9.98. The Morgan fingerprint density at radius 1 is 1.37 bits per heavy atom. The molecule has 8 nitrogen and oxygen atoms in total. The van der Waals surface area contributed by atoms with E-state index in [-0.39, 0.29) is 5.91 Å². The fourth-order valence-corrected chi connectivity index (χ4v) is 5.51. The Morgan fingerprint density at radius 3 is 2.97 bits per heavy atom. The molecular weight excluding hydrogens is 424 g/mol.